The largest absolute Gasteiger partial charge is 0.436 e. The monoisotopic (exact) mass is 247 g/mol. The maximum absolute atomic E-state index is 8.59. The van der Waals surface area contributed by atoms with Gasteiger partial charge in [0.1, 0.15) is 0 Å². The number of nitrogens with zero attached hydrogens (tertiary/aromatic N) is 4. The van der Waals surface area contributed by atoms with Crippen molar-refractivity contribution in [2.45, 2.75) is 13.5 Å². The minimum Gasteiger partial charge on any atom is -0.436 e. The van der Waals surface area contributed by atoms with Crippen LogP contribution in [-0.2, 0) is 6.54 Å². The van der Waals surface area contributed by atoms with Gasteiger partial charge in [-0.1, -0.05) is 5.16 Å². The summed E-state index contributed by atoms with van der Waals surface area (Å²) >= 11 is 0. The number of pyridine rings is 1. The van der Waals surface area contributed by atoms with Crippen LogP contribution in [0.3, 0.4) is 0 Å². The molecule has 18 heavy (non-hydrogen) atoms. The maximum atomic E-state index is 8.59. The van der Waals surface area contributed by atoms with E-state index in [1.54, 1.807) is 29.2 Å². The van der Waals surface area contributed by atoms with Gasteiger partial charge in [0.05, 0.1) is 12.4 Å². The van der Waals surface area contributed by atoms with Gasteiger partial charge in [0.15, 0.2) is 11.6 Å². The van der Waals surface area contributed by atoms with E-state index in [1.807, 2.05) is 6.92 Å². The summed E-state index contributed by atoms with van der Waals surface area (Å²) in [4.78, 5) is 4.04. The summed E-state index contributed by atoms with van der Waals surface area (Å²) in [6, 6.07) is 3.20. The maximum Gasteiger partial charge on any atom is 0.220 e. The first-order valence-corrected chi connectivity index (χ1v) is 5.37. The van der Waals surface area contributed by atoms with E-state index in [2.05, 4.69) is 15.2 Å². The average molecular weight is 247 g/mol. The number of hydrogen-bond acceptors (Lipinski definition) is 5. The second-order valence-corrected chi connectivity index (χ2v) is 3.50. The van der Waals surface area contributed by atoms with Crippen molar-refractivity contribution in [3.8, 4) is 11.6 Å². The highest BCUT2D eigenvalue weighted by Gasteiger charge is 2.05. The van der Waals surface area contributed by atoms with Gasteiger partial charge in [-0.05, 0) is 13.0 Å². The summed E-state index contributed by atoms with van der Waals surface area (Å²) in [6.45, 7) is 2.75. The van der Waals surface area contributed by atoms with Gasteiger partial charge in [-0.2, -0.15) is 5.10 Å². The molecule has 0 unspecified atom stereocenters. The predicted octanol–water partition coefficient (Wildman–Crippen LogP) is 1.18. The zero-order chi connectivity index (χ0) is 13.0. The van der Waals surface area contributed by atoms with Gasteiger partial charge in [-0.25, -0.2) is 4.98 Å². The van der Waals surface area contributed by atoms with Gasteiger partial charge in [0, 0.05) is 24.4 Å². The SMILES string of the molecule is CCn1cc(Oc2cc(/C(N)=N/O)ccn2)cn1. The third kappa shape index (κ3) is 2.57. The molecule has 0 bridgehead atoms. The Morgan fingerprint density at radius 3 is 3.11 bits per heavy atom. The Morgan fingerprint density at radius 1 is 1.61 bits per heavy atom. The van der Waals surface area contributed by atoms with Crippen LogP contribution in [0.25, 0.3) is 0 Å². The topological polar surface area (TPSA) is 98.5 Å². The number of nitrogens with two attached hydrogens (primary N) is 1. The lowest BCUT2D eigenvalue weighted by Crippen LogP contribution is -2.13. The quantitative estimate of drug-likeness (QED) is 0.366. The van der Waals surface area contributed by atoms with Gasteiger partial charge in [-0.3, -0.25) is 4.68 Å². The van der Waals surface area contributed by atoms with Crippen molar-refractivity contribution >= 4 is 5.84 Å². The van der Waals surface area contributed by atoms with Crippen molar-refractivity contribution in [1.82, 2.24) is 14.8 Å². The summed E-state index contributed by atoms with van der Waals surface area (Å²) < 4.78 is 7.25. The summed E-state index contributed by atoms with van der Waals surface area (Å²) in [5.41, 5.74) is 6.02. The van der Waals surface area contributed by atoms with E-state index in [-0.39, 0.29) is 5.84 Å². The standard InChI is InChI=1S/C11H13N5O2/c1-2-16-7-9(6-14-16)18-10-5-8(3-4-13-10)11(12)15-17/h3-7,17H,2H2,1H3,(H2,12,15). The Hall–Kier alpha value is -2.57. The van der Waals surface area contributed by atoms with E-state index in [0.717, 1.165) is 6.54 Å². The molecule has 7 nitrogen and oxygen atoms in total. The van der Waals surface area contributed by atoms with Crippen molar-refractivity contribution in [1.29, 1.82) is 0 Å². The van der Waals surface area contributed by atoms with Crippen LogP contribution >= 0.6 is 0 Å². The first kappa shape index (κ1) is 11.9. The zero-order valence-electron chi connectivity index (χ0n) is 9.82. The molecule has 0 amide bonds. The van der Waals surface area contributed by atoms with Gasteiger partial charge in [0.25, 0.3) is 0 Å². The molecule has 2 aromatic rings. The molecule has 0 saturated heterocycles. The highest BCUT2D eigenvalue weighted by molar-refractivity contribution is 5.97. The summed E-state index contributed by atoms with van der Waals surface area (Å²) in [5, 5.41) is 15.6. The van der Waals surface area contributed by atoms with Crippen molar-refractivity contribution < 1.29 is 9.94 Å². The summed E-state index contributed by atoms with van der Waals surface area (Å²) in [7, 11) is 0. The Balaban J connectivity index is 2.19. The van der Waals surface area contributed by atoms with Gasteiger partial charge in [0.2, 0.25) is 5.88 Å². The first-order chi connectivity index (χ1) is 8.72. The second kappa shape index (κ2) is 5.17. The lowest BCUT2D eigenvalue weighted by molar-refractivity contribution is 0.318. The van der Waals surface area contributed by atoms with E-state index in [0.29, 0.717) is 17.2 Å². The number of hydrogen-bond donors (Lipinski definition) is 2. The summed E-state index contributed by atoms with van der Waals surface area (Å²) in [5.74, 6) is 0.947. The van der Waals surface area contributed by atoms with E-state index in [4.69, 9.17) is 15.7 Å². The molecule has 0 saturated carbocycles. The molecule has 0 atom stereocenters. The van der Waals surface area contributed by atoms with E-state index < -0.39 is 0 Å². The average Bonchev–Trinajstić information content (AvgIpc) is 2.86. The fourth-order valence-electron chi connectivity index (χ4n) is 1.37. The lowest BCUT2D eigenvalue weighted by atomic mass is 10.2. The molecule has 94 valence electrons. The molecule has 2 rings (SSSR count). The smallest absolute Gasteiger partial charge is 0.220 e. The highest BCUT2D eigenvalue weighted by atomic mass is 16.5. The van der Waals surface area contributed by atoms with Crippen molar-refractivity contribution in [2.75, 3.05) is 0 Å². The molecule has 0 radical (unpaired) electrons. The third-order valence-corrected chi connectivity index (χ3v) is 2.29. The van der Waals surface area contributed by atoms with Crippen molar-refractivity contribution in [2.24, 2.45) is 10.9 Å². The van der Waals surface area contributed by atoms with Crippen LogP contribution in [0.2, 0.25) is 0 Å². The minimum atomic E-state index is 0.00602. The molecule has 3 N–H and O–H groups in total. The van der Waals surface area contributed by atoms with Crippen molar-refractivity contribution in [3.05, 3.63) is 36.3 Å². The highest BCUT2D eigenvalue weighted by Crippen LogP contribution is 2.19. The van der Waals surface area contributed by atoms with Gasteiger partial charge >= 0.3 is 0 Å². The van der Waals surface area contributed by atoms with E-state index in [1.165, 1.54) is 6.20 Å². The Bertz CT molecular complexity index is 564. The molecule has 0 aromatic carbocycles. The van der Waals surface area contributed by atoms with Gasteiger partial charge < -0.3 is 15.7 Å². The van der Waals surface area contributed by atoms with E-state index in [9.17, 15) is 0 Å². The van der Waals surface area contributed by atoms with Gasteiger partial charge in [-0.15, -0.1) is 0 Å². The third-order valence-electron chi connectivity index (χ3n) is 2.29. The van der Waals surface area contributed by atoms with Crippen molar-refractivity contribution in [3.63, 3.8) is 0 Å². The molecule has 7 heteroatoms. The molecule has 2 heterocycles. The molecular weight excluding hydrogens is 234 g/mol. The lowest BCUT2D eigenvalue weighted by Gasteiger charge is -2.03. The second-order valence-electron chi connectivity index (χ2n) is 3.50. The van der Waals surface area contributed by atoms with Crippen LogP contribution in [0.15, 0.2) is 35.9 Å². The fourth-order valence-corrected chi connectivity index (χ4v) is 1.37. The Kier molecular flexibility index (Phi) is 3.42. The first-order valence-electron chi connectivity index (χ1n) is 5.37. The molecule has 0 aliphatic rings. The predicted molar refractivity (Wildman–Crippen MR) is 64.7 cm³/mol. The van der Waals surface area contributed by atoms with E-state index >= 15 is 0 Å². The number of aromatic nitrogens is 3. The van der Waals surface area contributed by atoms with Crippen LogP contribution in [0, 0.1) is 0 Å². The normalized spacial score (nSPS) is 11.5. The molecule has 0 fully saturated rings. The molecule has 0 aliphatic heterocycles. The van der Waals surface area contributed by atoms with Crippen LogP contribution in [0.4, 0.5) is 0 Å². The molecule has 2 aromatic heterocycles. The number of oxime groups is 1. The number of amidine groups is 1. The van der Waals surface area contributed by atoms with Crippen LogP contribution < -0.4 is 10.5 Å². The zero-order valence-corrected chi connectivity index (χ0v) is 9.82. The minimum absolute atomic E-state index is 0.00602. The number of ether oxygens (including phenoxy) is 1. The summed E-state index contributed by atoms with van der Waals surface area (Å²) in [6.07, 6.45) is 4.88. The molecule has 0 spiro atoms. The fraction of sp³-hybridized carbons (Fsp3) is 0.182. The van der Waals surface area contributed by atoms with Crippen LogP contribution in [0.5, 0.6) is 11.6 Å². The molecular formula is C11H13N5O2. The Labute approximate surface area is 104 Å². The number of rotatable bonds is 4. The van der Waals surface area contributed by atoms with Crippen LogP contribution in [-0.4, -0.2) is 25.8 Å². The molecule has 0 aliphatic carbocycles. The van der Waals surface area contributed by atoms with Crippen LogP contribution in [0.1, 0.15) is 12.5 Å². The Morgan fingerprint density at radius 2 is 2.44 bits per heavy atom. The number of aryl methyl sites for hydroxylation is 1.